The number of imidazole rings is 1. The molecule has 2 aromatic heterocycles. The molecular weight excluding hydrogens is 495 g/mol. The van der Waals surface area contributed by atoms with Crippen LogP contribution in [0, 0.1) is 11.6 Å². The van der Waals surface area contributed by atoms with Gasteiger partial charge in [0.15, 0.2) is 21.5 Å². The molecule has 3 heterocycles. The van der Waals surface area contributed by atoms with Crippen LogP contribution in [-0.4, -0.2) is 34.6 Å². The number of carbonyl (C=O) groups excluding carboxylic acids is 1. The number of carbonyl (C=O) groups is 1. The fourth-order valence-electron chi connectivity index (χ4n) is 3.98. The zero-order chi connectivity index (χ0) is 25.6. The average molecular weight is 514 g/mol. The maximum absolute atomic E-state index is 14.7. The maximum atomic E-state index is 14.7. The van der Waals surface area contributed by atoms with E-state index in [-0.39, 0.29) is 23.0 Å². The van der Waals surface area contributed by atoms with E-state index >= 15 is 0 Å². The fraction of sp³-hybridized carbons (Fsp3) is 0.318. The van der Waals surface area contributed by atoms with Gasteiger partial charge < -0.3 is 5.32 Å². The van der Waals surface area contributed by atoms with E-state index in [0.717, 1.165) is 24.4 Å². The largest absolute Gasteiger partial charge is 0.419 e. The highest BCUT2D eigenvalue weighted by Crippen LogP contribution is 2.40. The number of amides is 1. The van der Waals surface area contributed by atoms with Gasteiger partial charge in [0.1, 0.15) is 16.9 Å². The molecule has 1 aromatic carbocycles. The Balaban J connectivity index is 1.50. The van der Waals surface area contributed by atoms with Crippen molar-refractivity contribution in [2.75, 3.05) is 11.1 Å². The van der Waals surface area contributed by atoms with Crippen LogP contribution in [-0.2, 0) is 32.0 Å². The summed E-state index contributed by atoms with van der Waals surface area (Å²) in [6.07, 6.45) is -1.02. The van der Waals surface area contributed by atoms with Crippen molar-refractivity contribution in [3.8, 4) is 5.82 Å². The molecule has 1 atom stereocenters. The molecule has 0 saturated carbocycles. The molecule has 1 saturated heterocycles. The van der Waals surface area contributed by atoms with Gasteiger partial charge in [0.2, 0.25) is 5.91 Å². The molecule has 1 fully saturated rings. The summed E-state index contributed by atoms with van der Waals surface area (Å²) in [6, 6.07) is 3.53. The van der Waals surface area contributed by atoms with Gasteiger partial charge in [-0.3, -0.25) is 9.36 Å². The Bertz CT molecular complexity index is 1400. The van der Waals surface area contributed by atoms with Crippen LogP contribution in [0.2, 0.25) is 0 Å². The highest BCUT2D eigenvalue weighted by atomic mass is 32.2. The number of alkyl halides is 3. The summed E-state index contributed by atoms with van der Waals surface area (Å²) in [5, 5.41) is 2.27. The number of hydrogen-bond acceptors (Lipinski definition) is 5. The van der Waals surface area contributed by atoms with E-state index in [1.807, 2.05) is 0 Å². The minimum absolute atomic E-state index is 0.0434. The first-order chi connectivity index (χ1) is 16.3. The number of nitrogens with zero attached hydrogens (tertiary/aromatic N) is 3. The summed E-state index contributed by atoms with van der Waals surface area (Å²) in [6.45, 7) is 1.57. The number of halogens is 5. The molecule has 0 unspecified atom stereocenters. The van der Waals surface area contributed by atoms with Gasteiger partial charge in [-0.1, -0.05) is 12.1 Å². The minimum Gasteiger partial charge on any atom is -0.324 e. The lowest BCUT2D eigenvalue weighted by molar-refractivity contribution is -0.140. The Morgan fingerprint density at radius 1 is 1.23 bits per heavy atom. The molecule has 1 aliphatic rings. The van der Waals surface area contributed by atoms with Crippen LogP contribution >= 0.6 is 0 Å². The number of anilines is 1. The van der Waals surface area contributed by atoms with Crippen molar-refractivity contribution in [2.45, 2.75) is 37.1 Å². The molecule has 1 amide bonds. The summed E-state index contributed by atoms with van der Waals surface area (Å²) in [5.74, 6) is -3.46. The van der Waals surface area contributed by atoms with Crippen molar-refractivity contribution in [2.24, 2.45) is 0 Å². The molecule has 0 spiro atoms. The van der Waals surface area contributed by atoms with Crippen LogP contribution in [0.15, 0.2) is 43.0 Å². The van der Waals surface area contributed by atoms with Gasteiger partial charge in [-0.25, -0.2) is 27.2 Å². The van der Waals surface area contributed by atoms with Crippen molar-refractivity contribution >= 4 is 21.4 Å². The van der Waals surface area contributed by atoms with Crippen LogP contribution in [0.4, 0.5) is 27.6 Å². The van der Waals surface area contributed by atoms with Gasteiger partial charge in [-0.2, -0.15) is 13.2 Å². The standard InChI is InChI=1S/C22H19F5N4O3S/c1-21(6-3-7-35(21,33)34)17-11-31(12-29-17)20-16(23)9-14(10-28-20)30-18(32)8-13-4-2-5-15(19(13)24)22(25,26)27/h2,4-5,9-12H,3,6-8H2,1H3,(H,30,32)/t21-/m0/s1. The lowest BCUT2D eigenvalue weighted by atomic mass is 10.0. The summed E-state index contributed by atoms with van der Waals surface area (Å²) in [5.41, 5.74) is -1.80. The van der Waals surface area contributed by atoms with E-state index in [1.165, 1.54) is 17.1 Å². The second-order valence-corrected chi connectivity index (χ2v) is 10.9. The SMILES string of the molecule is C[C@@]1(c2cn(-c3ncc(NC(=O)Cc4cccc(C(F)(F)F)c4F)cc3F)cn2)CCCS1(=O)=O. The number of sulfone groups is 1. The lowest BCUT2D eigenvalue weighted by Gasteiger charge is -2.19. The summed E-state index contributed by atoms with van der Waals surface area (Å²) in [7, 11) is -3.41. The van der Waals surface area contributed by atoms with Crippen LogP contribution in [0.25, 0.3) is 5.82 Å². The van der Waals surface area contributed by atoms with E-state index in [2.05, 4.69) is 15.3 Å². The molecule has 35 heavy (non-hydrogen) atoms. The summed E-state index contributed by atoms with van der Waals surface area (Å²) in [4.78, 5) is 20.3. The zero-order valence-corrected chi connectivity index (χ0v) is 19.1. The number of hydrogen-bond donors (Lipinski definition) is 1. The second-order valence-electron chi connectivity index (χ2n) is 8.35. The van der Waals surface area contributed by atoms with Crippen molar-refractivity contribution in [3.63, 3.8) is 0 Å². The first-order valence-corrected chi connectivity index (χ1v) is 12.0. The third-order valence-corrected chi connectivity index (χ3v) is 8.58. The van der Waals surface area contributed by atoms with Gasteiger partial charge >= 0.3 is 6.18 Å². The first kappa shape index (κ1) is 24.8. The minimum atomic E-state index is -4.91. The van der Waals surface area contributed by atoms with Gasteiger partial charge in [-0.05, 0) is 31.4 Å². The van der Waals surface area contributed by atoms with Gasteiger partial charge in [-0.15, -0.1) is 0 Å². The Morgan fingerprint density at radius 2 is 1.97 bits per heavy atom. The average Bonchev–Trinajstić information content (AvgIpc) is 3.34. The van der Waals surface area contributed by atoms with Crippen LogP contribution in [0.5, 0.6) is 0 Å². The number of rotatable bonds is 5. The van der Waals surface area contributed by atoms with Crippen molar-refractivity contribution < 1.29 is 35.2 Å². The van der Waals surface area contributed by atoms with E-state index in [4.69, 9.17) is 0 Å². The molecule has 0 aliphatic carbocycles. The molecule has 3 aromatic rings. The Labute approximate surface area is 196 Å². The van der Waals surface area contributed by atoms with E-state index in [0.29, 0.717) is 18.9 Å². The number of aromatic nitrogens is 3. The molecule has 13 heteroatoms. The lowest BCUT2D eigenvalue weighted by Crippen LogP contribution is -2.28. The maximum Gasteiger partial charge on any atom is 0.419 e. The van der Waals surface area contributed by atoms with Gasteiger partial charge in [0.25, 0.3) is 0 Å². The van der Waals surface area contributed by atoms with Crippen LogP contribution in [0.1, 0.15) is 36.6 Å². The quantitative estimate of drug-likeness (QED) is 0.516. The molecule has 0 radical (unpaired) electrons. The highest BCUT2D eigenvalue weighted by molar-refractivity contribution is 7.92. The summed E-state index contributed by atoms with van der Waals surface area (Å²) < 4.78 is 92.3. The molecule has 0 bridgehead atoms. The van der Waals surface area contributed by atoms with Crippen LogP contribution < -0.4 is 5.32 Å². The molecule has 1 N–H and O–H groups in total. The molecule has 4 rings (SSSR count). The van der Waals surface area contributed by atoms with E-state index in [9.17, 15) is 35.2 Å². The number of pyridine rings is 1. The van der Waals surface area contributed by atoms with Gasteiger partial charge in [0.05, 0.1) is 35.3 Å². The predicted molar refractivity (Wildman–Crippen MR) is 115 cm³/mol. The summed E-state index contributed by atoms with van der Waals surface area (Å²) >= 11 is 0. The van der Waals surface area contributed by atoms with E-state index in [1.54, 1.807) is 6.92 Å². The highest BCUT2D eigenvalue weighted by Gasteiger charge is 2.46. The predicted octanol–water partition coefficient (Wildman–Crippen LogP) is 4.17. The smallest absolute Gasteiger partial charge is 0.324 e. The van der Waals surface area contributed by atoms with Crippen molar-refractivity contribution in [1.82, 2.24) is 14.5 Å². The first-order valence-electron chi connectivity index (χ1n) is 10.4. The third kappa shape index (κ3) is 4.64. The van der Waals surface area contributed by atoms with Crippen molar-refractivity contribution in [1.29, 1.82) is 0 Å². The monoisotopic (exact) mass is 514 g/mol. The number of nitrogens with one attached hydrogen (secondary N) is 1. The molecular formula is C22H19F5N4O3S. The Hall–Kier alpha value is -3.35. The Kier molecular flexibility index (Phi) is 6.16. The van der Waals surface area contributed by atoms with Crippen LogP contribution in [0.3, 0.4) is 0 Å². The zero-order valence-electron chi connectivity index (χ0n) is 18.2. The molecule has 1 aliphatic heterocycles. The number of benzene rings is 1. The molecule has 186 valence electrons. The second kappa shape index (κ2) is 8.70. The van der Waals surface area contributed by atoms with Gasteiger partial charge in [0, 0.05) is 12.3 Å². The van der Waals surface area contributed by atoms with Crippen molar-refractivity contribution in [3.05, 3.63) is 71.4 Å². The topological polar surface area (TPSA) is 93.9 Å². The molecule has 7 nitrogen and oxygen atoms in total. The normalized spacial score (nSPS) is 19.6. The van der Waals surface area contributed by atoms with E-state index < -0.39 is 55.8 Å². The fourth-order valence-corrected chi connectivity index (χ4v) is 5.84. The Morgan fingerprint density at radius 3 is 2.60 bits per heavy atom. The third-order valence-electron chi connectivity index (χ3n) is 5.96.